The number of nitrogens with one attached hydrogen (secondary N) is 1. The van der Waals surface area contributed by atoms with E-state index in [1.807, 2.05) is 18.2 Å². The first-order chi connectivity index (χ1) is 8.61. The van der Waals surface area contributed by atoms with Crippen molar-refractivity contribution in [3.05, 3.63) is 22.7 Å². The maximum absolute atomic E-state index is 12.2. The van der Waals surface area contributed by atoms with E-state index < -0.39 is 0 Å². The van der Waals surface area contributed by atoms with Gasteiger partial charge >= 0.3 is 0 Å². The van der Waals surface area contributed by atoms with E-state index in [1.165, 1.54) is 0 Å². The molecular weight excluding hydrogens is 296 g/mol. The summed E-state index contributed by atoms with van der Waals surface area (Å²) >= 11 is 3.39. The predicted molar refractivity (Wildman–Crippen MR) is 74.7 cm³/mol. The Balaban J connectivity index is 2.10. The lowest BCUT2D eigenvalue weighted by Gasteiger charge is -2.39. The van der Waals surface area contributed by atoms with E-state index in [4.69, 9.17) is 10.5 Å². The number of benzene rings is 1. The monoisotopic (exact) mass is 312 g/mol. The van der Waals surface area contributed by atoms with Crippen molar-refractivity contribution in [3.8, 4) is 5.75 Å². The molecule has 0 aliphatic heterocycles. The lowest BCUT2D eigenvalue weighted by atomic mass is 9.68. The summed E-state index contributed by atoms with van der Waals surface area (Å²) in [6.07, 6.45) is 2.84. The van der Waals surface area contributed by atoms with Crippen LogP contribution in [0.3, 0.4) is 0 Å². The summed E-state index contributed by atoms with van der Waals surface area (Å²) in [5.74, 6) is 0.762. The zero-order valence-electron chi connectivity index (χ0n) is 10.3. The van der Waals surface area contributed by atoms with E-state index in [2.05, 4.69) is 21.2 Å². The first-order valence-corrected chi connectivity index (χ1v) is 6.76. The molecule has 0 radical (unpaired) electrons. The van der Waals surface area contributed by atoms with Gasteiger partial charge in [-0.2, -0.15) is 0 Å². The maximum atomic E-state index is 12.2. The lowest BCUT2D eigenvalue weighted by Crippen LogP contribution is -2.47. The molecule has 0 saturated heterocycles. The molecule has 2 rings (SSSR count). The molecule has 0 spiro atoms. The number of amides is 1. The number of carbonyl (C=O) groups is 1. The van der Waals surface area contributed by atoms with E-state index in [0.717, 1.165) is 35.2 Å². The molecule has 1 saturated carbocycles. The molecule has 0 bridgehead atoms. The van der Waals surface area contributed by atoms with Crippen molar-refractivity contribution in [3.63, 3.8) is 0 Å². The number of hydrogen-bond acceptors (Lipinski definition) is 3. The van der Waals surface area contributed by atoms with Gasteiger partial charge in [0.2, 0.25) is 5.91 Å². The molecule has 1 fully saturated rings. The van der Waals surface area contributed by atoms with Crippen LogP contribution in [-0.4, -0.2) is 19.6 Å². The molecular formula is C13H17BrN2O2. The normalized spacial score (nSPS) is 16.8. The minimum absolute atomic E-state index is 0.0216. The summed E-state index contributed by atoms with van der Waals surface area (Å²) in [5, 5.41) is 2.92. The van der Waals surface area contributed by atoms with Crippen LogP contribution in [0.25, 0.3) is 0 Å². The van der Waals surface area contributed by atoms with Crippen LogP contribution in [0.1, 0.15) is 19.3 Å². The van der Waals surface area contributed by atoms with Gasteiger partial charge in [-0.1, -0.05) is 6.42 Å². The highest BCUT2D eigenvalue weighted by Crippen LogP contribution is 2.41. The quantitative estimate of drug-likeness (QED) is 0.898. The SMILES string of the molecule is COc1ccc(NC(=O)C2(CN)CCC2)cc1Br. The van der Waals surface area contributed by atoms with Gasteiger partial charge in [-0.25, -0.2) is 0 Å². The Hall–Kier alpha value is -1.07. The molecule has 4 nitrogen and oxygen atoms in total. The molecule has 1 aromatic rings. The number of nitrogens with two attached hydrogens (primary N) is 1. The molecule has 18 heavy (non-hydrogen) atoms. The van der Waals surface area contributed by atoms with Gasteiger partial charge in [0.25, 0.3) is 0 Å². The van der Waals surface area contributed by atoms with Crippen LogP contribution < -0.4 is 15.8 Å². The molecule has 0 unspecified atom stereocenters. The number of rotatable bonds is 4. The van der Waals surface area contributed by atoms with Crippen LogP contribution >= 0.6 is 15.9 Å². The number of ether oxygens (including phenoxy) is 1. The first kappa shape index (κ1) is 13.4. The fraction of sp³-hybridized carbons (Fsp3) is 0.462. The average molecular weight is 313 g/mol. The number of methoxy groups -OCH3 is 1. The predicted octanol–water partition coefficient (Wildman–Crippen LogP) is 2.53. The second-order valence-electron chi connectivity index (χ2n) is 4.64. The largest absolute Gasteiger partial charge is 0.496 e. The Morgan fingerprint density at radius 2 is 2.28 bits per heavy atom. The van der Waals surface area contributed by atoms with E-state index in [9.17, 15) is 4.79 Å². The Morgan fingerprint density at radius 3 is 2.72 bits per heavy atom. The van der Waals surface area contributed by atoms with Crippen LogP contribution in [0, 0.1) is 5.41 Å². The van der Waals surface area contributed by atoms with Crippen molar-refractivity contribution in [2.75, 3.05) is 19.0 Å². The van der Waals surface area contributed by atoms with Crippen LogP contribution in [-0.2, 0) is 4.79 Å². The Morgan fingerprint density at radius 1 is 1.56 bits per heavy atom. The van der Waals surface area contributed by atoms with Crippen molar-refractivity contribution in [1.82, 2.24) is 0 Å². The van der Waals surface area contributed by atoms with Gasteiger partial charge < -0.3 is 15.8 Å². The van der Waals surface area contributed by atoms with Crippen molar-refractivity contribution < 1.29 is 9.53 Å². The van der Waals surface area contributed by atoms with Gasteiger partial charge in [-0.15, -0.1) is 0 Å². The first-order valence-electron chi connectivity index (χ1n) is 5.96. The molecule has 0 heterocycles. The lowest BCUT2D eigenvalue weighted by molar-refractivity contribution is -0.129. The van der Waals surface area contributed by atoms with Gasteiger partial charge in [0.1, 0.15) is 5.75 Å². The highest BCUT2D eigenvalue weighted by atomic mass is 79.9. The second-order valence-corrected chi connectivity index (χ2v) is 5.50. The van der Waals surface area contributed by atoms with Crippen LogP contribution in [0.4, 0.5) is 5.69 Å². The van der Waals surface area contributed by atoms with Gasteiger partial charge in [0.15, 0.2) is 0 Å². The third-order valence-corrected chi connectivity index (χ3v) is 4.21. The number of hydrogen-bond donors (Lipinski definition) is 2. The summed E-state index contributed by atoms with van der Waals surface area (Å²) in [5.41, 5.74) is 6.11. The van der Waals surface area contributed by atoms with E-state index >= 15 is 0 Å². The van der Waals surface area contributed by atoms with Gasteiger partial charge in [0, 0.05) is 12.2 Å². The average Bonchev–Trinajstić information content (AvgIpc) is 2.28. The molecule has 1 aromatic carbocycles. The zero-order valence-corrected chi connectivity index (χ0v) is 11.9. The molecule has 1 aliphatic carbocycles. The van der Waals surface area contributed by atoms with Crippen molar-refractivity contribution >= 4 is 27.5 Å². The summed E-state index contributed by atoms with van der Waals surface area (Å²) in [4.78, 5) is 12.2. The van der Waals surface area contributed by atoms with E-state index in [1.54, 1.807) is 7.11 Å². The van der Waals surface area contributed by atoms with Crippen LogP contribution in [0.2, 0.25) is 0 Å². The molecule has 1 aliphatic rings. The highest BCUT2D eigenvalue weighted by Gasteiger charge is 2.42. The number of carbonyl (C=O) groups excluding carboxylic acids is 1. The van der Waals surface area contributed by atoms with E-state index in [-0.39, 0.29) is 11.3 Å². The molecule has 5 heteroatoms. The summed E-state index contributed by atoms with van der Waals surface area (Å²) in [6, 6.07) is 5.47. The zero-order chi connectivity index (χ0) is 13.2. The van der Waals surface area contributed by atoms with E-state index in [0.29, 0.717) is 6.54 Å². The summed E-state index contributed by atoms with van der Waals surface area (Å²) < 4.78 is 5.96. The number of anilines is 1. The molecule has 3 N–H and O–H groups in total. The molecule has 1 amide bonds. The van der Waals surface area contributed by atoms with Gasteiger partial charge in [0.05, 0.1) is 17.0 Å². The summed E-state index contributed by atoms with van der Waals surface area (Å²) in [7, 11) is 1.61. The minimum Gasteiger partial charge on any atom is -0.496 e. The molecule has 0 aromatic heterocycles. The van der Waals surface area contributed by atoms with Crippen molar-refractivity contribution in [2.24, 2.45) is 11.1 Å². The highest BCUT2D eigenvalue weighted by molar-refractivity contribution is 9.10. The third kappa shape index (κ3) is 2.37. The Labute approximate surface area is 115 Å². The Kier molecular flexibility index (Phi) is 3.92. The maximum Gasteiger partial charge on any atom is 0.231 e. The van der Waals surface area contributed by atoms with Crippen molar-refractivity contribution in [1.29, 1.82) is 0 Å². The third-order valence-electron chi connectivity index (χ3n) is 3.59. The second kappa shape index (κ2) is 5.28. The smallest absolute Gasteiger partial charge is 0.231 e. The minimum atomic E-state index is -0.355. The van der Waals surface area contributed by atoms with Gasteiger partial charge in [-0.05, 0) is 47.0 Å². The van der Waals surface area contributed by atoms with Crippen molar-refractivity contribution in [2.45, 2.75) is 19.3 Å². The van der Waals surface area contributed by atoms with Gasteiger partial charge in [-0.3, -0.25) is 4.79 Å². The number of halogens is 1. The standard InChI is InChI=1S/C13H17BrN2O2/c1-18-11-4-3-9(7-10(11)14)16-12(17)13(8-15)5-2-6-13/h3-4,7H,2,5-6,8,15H2,1H3,(H,16,17). The van der Waals surface area contributed by atoms with Crippen LogP contribution in [0.15, 0.2) is 22.7 Å². The molecule has 98 valence electrons. The fourth-order valence-corrected chi connectivity index (χ4v) is 2.68. The van der Waals surface area contributed by atoms with Crippen LogP contribution in [0.5, 0.6) is 5.75 Å². The molecule has 0 atom stereocenters. The Bertz CT molecular complexity index is 453. The fourth-order valence-electron chi connectivity index (χ4n) is 2.14. The topological polar surface area (TPSA) is 64.3 Å². The summed E-state index contributed by atoms with van der Waals surface area (Å²) in [6.45, 7) is 0.413.